The largest absolute Gasteiger partial charge is 0.466 e. The molecule has 0 aliphatic rings. The highest BCUT2D eigenvalue weighted by Gasteiger charge is 1.97. The van der Waals surface area contributed by atoms with Crippen LogP contribution in [0.1, 0.15) is 11.5 Å². The molecule has 2 rings (SSSR count). The zero-order chi connectivity index (χ0) is 12.1. The number of aliphatic imine (C=N–C) groups is 1. The van der Waals surface area contributed by atoms with Crippen LogP contribution in [0, 0.1) is 6.92 Å². The molecule has 0 radical (unpaired) electrons. The number of furan rings is 1. The molecule has 17 heavy (non-hydrogen) atoms. The number of aryl methyl sites for hydroxylation is 1. The second-order valence-corrected chi connectivity index (χ2v) is 4.38. The van der Waals surface area contributed by atoms with Crippen LogP contribution in [-0.4, -0.2) is 17.9 Å². The molecule has 2 heterocycles. The lowest BCUT2D eigenvalue weighted by Crippen LogP contribution is -1.97. The maximum atomic E-state index is 5.49. The number of anilines is 2. The first-order valence-electron chi connectivity index (χ1n) is 5.25. The molecule has 2 aromatic rings. The summed E-state index contributed by atoms with van der Waals surface area (Å²) in [6.07, 6.45) is 2.43. The van der Waals surface area contributed by atoms with Gasteiger partial charge in [-0.2, -0.15) is 0 Å². The minimum atomic E-state index is 0.525. The fourth-order valence-electron chi connectivity index (χ4n) is 1.31. The van der Waals surface area contributed by atoms with E-state index < -0.39 is 0 Å². The fraction of sp³-hybridized carbons (Fsp3) is 0.273. The van der Waals surface area contributed by atoms with Crippen LogP contribution in [0.25, 0.3) is 0 Å². The Hall–Kier alpha value is -1.82. The second-order valence-electron chi connectivity index (χ2n) is 3.52. The second kappa shape index (κ2) is 5.49. The van der Waals surface area contributed by atoms with Gasteiger partial charge in [0.25, 0.3) is 0 Å². The number of rotatable bonds is 5. The first-order valence-corrected chi connectivity index (χ1v) is 6.13. The Morgan fingerprint density at radius 2 is 2.47 bits per heavy atom. The van der Waals surface area contributed by atoms with Gasteiger partial charge in [-0.15, -0.1) is 11.3 Å². The van der Waals surface area contributed by atoms with E-state index in [2.05, 4.69) is 15.3 Å². The maximum Gasteiger partial charge on any atom is 0.189 e. The van der Waals surface area contributed by atoms with E-state index in [4.69, 9.17) is 10.2 Å². The highest BCUT2D eigenvalue weighted by molar-refractivity contribution is 7.14. The van der Waals surface area contributed by atoms with E-state index in [-0.39, 0.29) is 0 Å². The standard InChI is InChI=1S/C11H14N4OS/c1-8-2-3-9(16-8)4-5-13-7-14-11-15-10(12)6-17-11/h2-3,6-7H,4-5,12H2,1H3,(H,13,14,15). The van der Waals surface area contributed by atoms with E-state index >= 15 is 0 Å². The Balaban J connectivity index is 1.71. The minimum Gasteiger partial charge on any atom is -0.466 e. The summed E-state index contributed by atoms with van der Waals surface area (Å²) >= 11 is 1.45. The Morgan fingerprint density at radius 1 is 1.59 bits per heavy atom. The van der Waals surface area contributed by atoms with Gasteiger partial charge in [0.15, 0.2) is 5.13 Å². The average Bonchev–Trinajstić information content (AvgIpc) is 2.88. The molecule has 3 N–H and O–H groups in total. The number of thiazole rings is 1. The van der Waals surface area contributed by atoms with Crippen molar-refractivity contribution < 1.29 is 4.42 Å². The summed E-state index contributed by atoms with van der Waals surface area (Å²) in [5.74, 6) is 2.41. The molecule has 0 bridgehead atoms. The molecule has 0 aliphatic heterocycles. The topological polar surface area (TPSA) is 76.4 Å². The van der Waals surface area contributed by atoms with Crippen LogP contribution in [0.4, 0.5) is 10.9 Å². The number of nitrogens with one attached hydrogen (secondary N) is 1. The molecular weight excluding hydrogens is 236 g/mol. The van der Waals surface area contributed by atoms with Gasteiger partial charge < -0.3 is 15.5 Å². The van der Waals surface area contributed by atoms with Gasteiger partial charge in [0.05, 0.1) is 6.34 Å². The molecule has 2 aromatic heterocycles. The molecule has 0 aliphatic carbocycles. The van der Waals surface area contributed by atoms with Crippen molar-refractivity contribution in [3.8, 4) is 0 Å². The van der Waals surface area contributed by atoms with Crippen LogP contribution >= 0.6 is 11.3 Å². The lowest BCUT2D eigenvalue weighted by atomic mass is 10.3. The van der Waals surface area contributed by atoms with Gasteiger partial charge in [-0.3, -0.25) is 4.99 Å². The third kappa shape index (κ3) is 3.60. The van der Waals surface area contributed by atoms with Gasteiger partial charge in [-0.1, -0.05) is 0 Å². The zero-order valence-corrected chi connectivity index (χ0v) is 10.3. The smallest absolute Gasteiger partial charge is 0.189 e. The van der Waals surface area contributed by atoms with Crippen molar-refractivity contribution in [3.63, 3.8) is 0 Å². The van der Waals surface area contributed by atoms with E-state index in [9.17, 15) is 0 Å². The lowest BCUT2D eigenvalue weighted by molar-refractivity contribution is 0.485. The number of nitrogens with two attached hydrogens (primary N) is 1. The molecule has 0 saturated heterocycles. The predicted molar refractivity (Wildman–Crippen MR) is 70.7 cm³/mol. The van der Waals surface area contributed by atoms with E-state index in [1.165, 1.54) is 11.3 Å². The third-order valence-corrected chi connectivity index (χ3v) is 2.88. The third-order valence-electron chi connectivity index (χ3n) is 2.08. The Bertz CT molecular complexity index is 503. The predicted octanol–water partition coefficient (Wildman–Crippen LogP) is 2.31. The van der Waals surface area contributed by atoms with Crippen molar-refractivity contribution in [3.05, 3.63) is 29.0 Å². The molecule has 6 heteroatoms. The van der Waals surface area contributed by atoms with E-state index in [1.807, 2.05) is 19.1 Å². The SMILES string of the molecule is Cc1ccc(CCN=CNc2nc(N)cs2)o1. The van der Waals surface area contributed by atoms with Crippen molar-refractivity contribution in [1.82, 2.24) is 4.98 Å². The first kappa shape index (κ1) is 11.7. The quantitative estimate of drug-likeness (QED) is 0.630. The Morgan fingerprint density at radius 3 is 3.12 bits per heavy atom. The summed E-state index contributed by atoms with van der Waals surface area (Å²) in [5, 5.41) is 5.49. The molecule has 0 saturated carbocycles. The summed E-state index contributed by atoms with van der Waals surface area (Å²) in [7, 11) is 0. The summed E-state index contributed by atoms with van der Waals surface area (Å²) in [5.41, 5.74) is 5.49. The van der Waals surface area contributed by atoms with Gasteiger partial charge >= 0.3 is 0 Å². The van der Waals surface area contributed by atoms with E-state index in [1.54, 1.807) is 11.7 Å². The first-order chi connectivity index (χ1) is 8.24. The van der Waals surface area contributed by atoms with Crippen LogP contribution in [0.5, 0.6) is 0 Å². The number of nitrogen functional groups attached to an aromatic ring is 1. The minimum absolute atomic E-state index is 0.525. The zero-order valence-electron chi connectivity index (χ0n) is 9.51. The molecular formula is C11H14N4OS. The number of aromatic nitrogens is 1. The summed E-state index contributed by atoms with van der Waals surface area (Å²) in [6, 6.07) is 3.93. The van der Waals surface area contributed by atoms with E-state index in [0.717, 1.165) is 23.1 Å². The van der Waals surface area contributed by atoms with Gasteiger partial charge in [0.2, 0.25) is 0 Å². The lowest BCUT2D eigenvalue weighted by Gasteiger charge is -1.93. The van der Waals surface area contributed by atoms with Gasteiger partial charge in [0.1, 0.15) is 17.3 Å². The molecule has 0 aromatic carbocycles. The molecule has 90 valence electrons. The van der Waals surface area contributed by atoms with Crippen molar-refractivity contribution in [2.24, 2.45) is 4.99 Å². The van der Waals surface area contributed by atoms with Crippen LogP contribution in [-0.2, 0) is 6.42 Å². The number of hydrogen-bond donors (Lipinski definition) is 2. The van der Waals surface area contributed by atoms with Crippen molar-refractivity contribution in [2.75, 3.05) is 17.6 Å². The molecule has 0 unspecified atom stereocenters. The normalized spacial score (nSPS) is 11.1. The van der Waals surface area contributed by atoms with Crippen LogP contribution in [0.15, 0.2) is 26.9 Å². The van der Waals surface area contributed by atoms with Crippen LogP contribution < -0.4 is 11.1 Å². The van der Waals surface area contributed by atoms with Gasteiger partial charge in [-0.05, 0) is 19.1 Å². The summed E-state index contributed by atoms with van der Waals surface area (Å²) < 4.78 is 5.43. The van der Waals surface area contributed by atoms with Crippen molar-refractivity contribution in [1.29, 1.82) is 0 Å². The average molecular weight is 250 g/mol. The Kier molecular flexibility index (Phi) is 3.77. The monoisotopic (exact) mass is 250 g/mol. The molecule has 5 nitrogen and oxygen atoms in total. The molecule has 0 amide bonds. The Labute approximate surface area is 103 Å². The van der Waals surface area contributed by atoms with E-state index in [0.29, 0.717) is 12.4 Å². The summed E-state index contributed by atoms with van der Waals surface area (Å²) in [6.45, 7) is 2.61. The number of nitrogens with zero attached hydrogens (tertiary/aromatic N) is 2. The van der Waals surface area contributed by atoms with Crippen molar-refractivity contribution in [2.45, 2.75) is 13.3 Å². The molecule has 0 fully saturated rings. The van der Waals surface area contributed by atoms with Crippen LogP contribution in [0.3, 0.4) is 0 Å². The van der Waals surface area contributed by atoms with Crippen molar-refractivity contribution >= 4 is 28.6 Å². The van der Waals surface area contributed by atoms with Gasteiger partial charge in [0, 0.05) is 18.3 Å². The fourth-order valence-corrected chi connectivity index (χ4v) is 1.88. The van der Waals surface area contributed by atoms with Crippen LogP contribution in [0.2, 0.25) is 0 Å². The molecule has 0 atom stereocenters. The maximum absolute atomic E-state index is 5.49. The van der Waals surface area contributed by atoms with Gasteiger partial charge in [-0.25, -0.2) is 4.98 Å². The highest BCUT2D eigenvalue weighted by Crippen LogP contribution is 2.15. The molecule has 0 spiro atoms. The highest BCUT2D eigenvalue weighted by atomic mass is 32.1. The number of hydrogen-bond acceptors (Lipinski definition) is 5. The summed E-state index contributed by atoms with van der Waals surface area (Å²) in [4.78, 5) is 8.26.